The molecule has 1 saturated heterocycles. The van der Waals surface area contributed by atoms with Gasteiger partial charge in [-0.15, -0.1) is 0 Å². The van der Waals surface area contributed by atoms with Crippen molar-refractivity contribution in [1.82, 2.24) is 4.90 Å². The number of rotatable bonds is 4. The van der Waals surface area contributed by atoms with E-state index >= 15 is 0 Å². The van der Waals surface area contributed by atoms with Crippen molar-refractivity contribution in [2.45, 2.75) is 19.4 Å². The quantitative estimate of drug-likeness (QED) is 0.602. The molecule has 0 saturated carbocycles. The number of nitrogens with zero attached hydrogens (tertiary/aromatic N) is 1. The fourth-order valence-corrected chi connectivity index (χ4v) is 2.88. The molecule has 0 N–H and O–H groups in total. The van der Waals surface area contributed by atoms with Crippen LogP contribution < -0.4 is 0 Å². The highest BCUT2D eigenvalue weighted by Crippen LogP contribution is 2.24. The molecule has 1 aliphatic rings. The van der Waals surface area contributed by atoms with E-state index in [1.54, 1.807) is 30.3 Å². The second-order valence-corrected chi connectivity index (χ2v) is 5.95. The Morgan fingerprint density at radius 1 is 1.09 bits per heavy atom. The van der Waals surface area contributed by atoms with Crippen LogP contribution in [-0.4, -0.2) is 17.2 Å². The summed E-state index contributed by atoms with van der Waals surface area (Å²) >= 11 is 5.87. The lowest BCUT2D eigenvalue weighted by molar-refractivity contribution is 0.104. The third kappa shape index (κ3) is 3.58. The van der Waals surface area contributed by atoms with Gasteiger partial charge in [-0.1, -0.05) is 41.9 Å². The van der Waals surface area contributed by atoms with Crippen molar-refractivity contribution in [3.05, 3.63) is 82.5 Å². The molecule has 2 nitrogen and oxygen atoms in total. The second-order valence-electron chi connectivity index (χ2n) is 5.52. The fourth-order valence-electron chi connectivity index (χ4n) is 2.75. The first-order valence-corrected chi connectivity index (χ1v) is 7.89. The molecule has 0 unspecified atom stereocenters. The highest BCUT2D eigenvalue weighted by atomic mass is 35.5. The Morgan fingerprint density at radius 3 is 2.55 bits per heavy atom. The Kier molecular flexibility index (Phi) is 4.59. The van der Waals surface area contributed by atoms with E-state index in [0.717, 1.165) is 31.6 Å². The molecule has 0 spiro atoms. The van der Waals surface area contributed by atoms with Crippen molar-refractivity contribution in [3.63, 3.8) is 0 Å². The minimum atomic E-state index is 0.0478. The predicted molar refractivity (Wildman–Crippen MR) is 90.0 cm³/mol. The van der Waals surface area contributed by atoms with E-state index in [-0.39, 0.29) is 5.78 Å². The fraction of sp³-hybridized carbons (Fsp3) is 0.211. The number of ketones is 1. The van der Waals surface area contributed by atoms with E-state index in [4.69, 9.17) is 11.6 Å². The zero-order valence-electron chi connectivity index (χ0n) is 12.3. The van der Waals surface area contributed by atoms with Crippen LogP contribution >= 0.6 is 11.6 Å². The lowest BCUT2D eigenvalue weighted by Gasteiger charge is -2.20. The van der Waals surface area contributed by atoms with Gasteiger partial charge in [-0.25, -0.2) is 0 Å². The van der Waals surface area contributed by atoms with Gasteiger partial charge in [-0.05, 0) is 42.7 Å². The normalized spacial score (nSPS) is 16.2. The number of carbonyl (C=O) groups excluding carboxylic acids is 1. The summed E-state index contributed by atoms with van der Waals surface area (Å²) in [6, 6.07) is 17.4. The molecule has 1 aliphatic heterocycles. The molecule has 0 amide bonds. The monoisotopic (exact) mass is 311 g/mol. The summed E-state index contributed by atoms with van der Waals surface area (Å²) in [5.41, 5.74) is 3.08. The Balaban J connectivity index is 1.74. The Labute approximate surface area is 136 Å². The number of likely N-dealkylation sites (tertiary alicyclic amines) is 1. The Morgan fingerprint density at radius 2 is 1.82 bits per heavy atom. The summed E-state index contributed by atoms with van der Waals surface area (Å²) in [5, 5.41) is 0.649. The molecule has 22 heavy (non-hydrogen) atoms. The molecule has 0 bridgehead atoms. The third-order valence-electron chi connectivity index (χ3n) is 3.91. The molecule has 112 valence electrons. The molecule has 2 aromatic carbocycles. The summed E-state index contributed by atoms with van der Waals surface area (Å²) < 4.78 is 0. The molecular formula is C19H18ClNO. The third-order valence-corrected chi connectivity index (χ3v) is 4.16. The number of hydrogen-bond donors (Lipinski definition) is 0. The van der Waals surface area contributed by atoms with Crippen molar-refractivity contribution in [2.24, 2.45) is 0 Å². The van der Waals surface area contributed by atoms with Crippen molar-refractivity contribution < 1.29 is 4.79 Å². The summed E-state index contributed by atoms with van der Waals surface area (Å²) in [6.07, 6.45) is 3.85. The van der Waals surface area contributed by atoms with Crippen LogP contribution in [0, 0.1) is 0 Å². The maximum Gasteiger partial charge on any atom is 0.187 e. The minimum Gasteiger partial charge on any atom is -0.370 e. The van der Waals surface area contributed by atoms with Gasteiger partial charge in [0.15, 0.2) is 5.78 Å². The molecule has 1 heterocycles. The van der Waals surface area contributed by atoms with Crippen LogP contribution in [-0.2, 0) is 6.54 Å². The van der Waals surface area contributed by atoms with Gasteiger partial charge >= 0.3 is 0 Å². The minimum absolute atomic E-state index is 0.0478. The van der Waals surface area contributed by atoms with Crippen molar-refractivity contribution in [3.8, 4) is 0 Å². The second kappa shape index (κ2) is 6.80. The molecule has 2 aromatic rings. The van der Waals surface area contributed by atoms with Gasteiger partial charge in [0.1, 0.15) is 0 Å². The molecule has 0 radical (unpaired) electrons. The van der Waals surface area contributed by atoms with Gasteiger partial charge in [0.25, 0.3) is 0 Å². The molecule has 0 aromatic heterocycles. The van der Waals surface area contributed by atoms with Gasteiger partial charge in [0.2, 0.25) is 0 Å². The van der Waals surface area contributed by atoms with Gasteiger partial charge in [0, 0.05) is 35.4 Å². The first kappa shape index (κ1) is 14.9. The topological polar surface area (TPSA) is 20.3 Å². The van der Waals surface area contributed by atoms with Crippen molar-refractivity contribution >= 4 is 17.4 Å². The van der Waals surface area contributed by atoms with Crippen LogP contribution in [0.5, 0.6) is 0 Å². The van der Waals surface area contributed by atoms with Crippen LogP contribution in [0.25, 0.3) is 0 Å². The van der Waals surface area contributed by atoms with Crippen molar-refractivity contribution in [1.29, 1.82) is 0 Å². The highest BCUT2D eigenvalue weighted by molar-refractivity contribution is 6.30. The van der Waals surface area contributed by atoms with Crippen molar-refractivity contribution in [2.75, 3.05) is 6.54 Å². The average Bonchev–Trinajstić information content (AvgIpc) is 2.96. The summed E-state index contributed by atoms with van der Waals surface area (Å²) in [5.74, 6) is 0.0478. The van der Waals surface area contributed by atoms with E-state index in [1.807, 2.05) is 18.2 Å². The highest BCUT2D eigenvalue weighted by Gasteiger charge is 2.18. The first-order chi connectivity index (χ1) is 10.7. The van der Waals surface area contributed by atoms with Crippen LogP contribution in [0.3, 0.4) is 0 Å². The summed E-state index contributed by atoms with van der Waals surface area (Å²) in [6.45, 7) is 1.87. The molecule has 0 atom stereocenters. The molecule has 3 rings (SSSR count). The number of halogens is 1. The molecule has 0 aliphatic carbocycles. The largest absolute Gasteiger partial charge is 0.370 e. The molecular weight excluding hydrogens is 294 g/mol. The van der Waals surface area contributed by atoms with E-state index in [1.165, 1.54) is 5.56 Å². The van der Waals surface area contributed by atoms with E-state index < -0.39 is 0 Å². The van der Waals surface area contributed by atoms with Crippen LogP contribution in [0.1, 0.15) is 28.8 Å². The standard InChI is InChI=1S/C19H18ClNO/c20-17-10-8-16(9-11-17)19(22)13-18-7-4-12-21(18)14-15-5-2-1-3-6-15/h1-3,5-6,8-11,13H,4,7,12,14H2/b18-13-. The smallest absolute Gasteiger partial charge is 0.187 e. The average molecular weight is 312 g/mol. The maximum absolute atomic E-state index is 12.4. The number of carbonyl (C=O) groups is 1. The van der Waals surface area contributed by atoms with Crippen LogP contribution in [0.15, 0.2) is 66.4 Å². The summed E-state index contributed by atoms with van der Waals surface area (Å²) in [7, 11) is 0. The lowest BCUT2D eigenvalue weighted by atomic mass is 10.1. The van der Waals surface area contributed by atoms with Gasteiger partial charge in [-0.2, -0.15) is 0 Å². The molecule has 1 fully saturated rings. The van der Waals surface area contributed by atoms with E-state index in [0.29, 0.717) is 10.6 Å². The van der Waals surface area contributed by atoms with Crippen LogP contribution in [0.4, 0.5) is 0 Å². The van der Waals surface area contributed by atoms with E-state index in [9.17, 15) is 4.79 Å². The van der Waals surface area contributed by atoms with Gasteiger partial charge in [0.05, 0.1) is 0 Å². The van der Waals surface area contributed by atoms with Gasteiger partial charge in [-0.3, -0.25) is 4.79 Å². The van der Waals surface area contributed by atoms with Gasteiger partial charge < -0.3 is 4.90 Å². The maximum atomic E-state index is 12.4. The zero-order valence-corrected chi connectivity index (χ0v) is 13.1. The zero-order chi connectivity index (χ0) is 15.4. The SMILES string of the molecule is O=C(/C=C1/CCCN1Cc1ccccc1)c1ccc(Cl)cc1. The predicted octanol–water partition coefficient (Wildman–Crippen LogP) is 4.70. The Bertz CT molecular complexity index is 676. The number of benzene rings is 2. The Hall–Kier alpha value is -2.06. The number of allylic oxidation sites excluding steroid dienone is 2. The van der Waals surface area contributed by atoms with E-state index in [2.05, 4.69) is 17.0 Å². The molecule has 3 heteroatoms. The first-order valence-electron chi connectivity index (χ1n) is 7.52. The van der Waals surface area contributed by atoms with Crippen LogP contribution in [0.2, 0.25) is 5.02 Å². The summed E-state index contributed by atoms with van der Waals surface area (Å²) in [4.78, 5) is 14.7. The number of hydrogen-bond acceptors (Lipinski definition) is 2. The lowest BCUT2D eigenvalue weighted by Crippen LogP contribution is -2.18.